The van der Waals surface area contributed by atoms with E-state index in [-0.39, 0.29) is 5.78 Å². The SMILES string of the molecule is C=CS(C)(=O)=O.CC(=O)CI. The van der Waals surface area contributed by atoms with E-state index in [1.54, 1.807) is 6.92 Å². The summed E-state index contributed by atoms with van der Waals surface area (Å²) in [4.78, 5) is 9.80. The highest BCUT2D eigenvalue weighted by Gasteiger charge is 1.85. The number of halogens is 1. The molecule has 0 saturated heterocycles. The Bertz CT molecular complexity index is 206. The predicted octanol–water partition coefficient (Wildman–Crippen LogP) is 1.18. The van der Waals surface area contributed by atoms with Gasteiger partial charge >= 0.3 is 0 Å². The Morgan fingerprint density at radius 1 is 1.64 bits per heavy atom. The summed E-state index contributed by atoms with van der Waals surface area (Å²) in [6, 6.07) is 0. The lowest BCUT2D eigenvalue weighted by Crippen LogP contribution is -1.85. The molecule has 0 bridgehead atoms. The van der Waals surface area contributed by atoms with Crippen LogP contribution in [0.1, 0.15) is 6.92 Å². The number of alkyl halides is 1. The second kappa shape index (κ2) is 6.78. The highest BCUT2D eigenvalue weighted by molar-refractivity contribution is 14.1. The number of hydrogen-bond acceptors (Lipinski definition) is 3. The molecular formula is C6H11IO3S. The highest BCUT2D eigenvalue weighted by atomic mass is 127. The quantitative estimate of drug-likeness (QED) is 0.567. The molecule has 0 spiro atoms. The maximum atomic E-state index is 9.88. The Balaban J connectivity index is 0. The summed E-state index contributed by atoms with van der Waals surface area (Å²) in [5.41, 5.74) is 0. The molecule has 11 heavy (non-hydrogen) atoms. The van der Waals surface area contributed by atoms with Gasteiger partial charge in [-0.3, -0.25) is 4.79 Å². The summed E-state index contributed by atoms with van der Waals surface area (Å²) in [5.74, 6) is 0.241. The number of carbonyl (C=O) groups excluding carboxylic acids is 1. The van der Waals surface area contributed by atoms with Crippen LogP contribution in [0.2, 0.25) is 0 Å². The van der Waals surface area contributed by atoms with Crippen molar-refractivity contribution in [1.82, 2.24) is 0 Å². The molecule has 0 unspecified atom stereocenters. The predicted molar refractivity (Wildman–Crippen MR) is 54.6 cm³/mol. The van der Waals surface area contributed by atoms with Gasteiger partial charge in [0.15, 0.2) is 9.84 Å². The molecule has 0 N–H and O–H groups in total. The fourth-order valence-electron chi connectivity index (χ4n) is 0. The third-order valence-corrected chi connectivity index (χ3v) is 2.17. The summed E-state index contributed by atoms with van der Waals surface area (Å²) >= 11 is 2.03. The van der Waals surface area contributed by atoms with Crippen LogP contribution in [0.25, 0.3) is 0 Å². The van der Waals surface area contributed by atoms with E-state index in [1.807, 2.05) is 22.6 Å². The third-order valence-electron chi connectivity index (χ3n) is 0.491. The minimum Gasteiger partial charge on any atom is -0.299 e. The molecule has 5 heteroatoms. The lowest BCUT2D eigenvalue weighted by Gasteiger charge is -1.74. The van der Waals surface area contributed by atoms with Gasteiger partial charge in [0, 0.05) is 11.7 Å². The molecular weight excluding hydrogens is 279 g/mol. The van der Waals surface area contributed by atoms with Gasteiger partial charge in [-0.2, -0.15) is 0 Å². The zero-order valence-corrected chi connectivity index (χ0v) is 9.48. The van der Waals surface area contributed by atoms with Crippen molar-refractivity contribution < 1.29 is 13.2 Å². The smallest absolute Gasteiger partial charge is 0.168 e. The van der Waals surface area contributed by atoms with Crippen LogP contribution in [0, 0.1) is 0 Å². The first-order chi connectivity index (χ1) is 4.83. The molecule has 66 valence electrons. The van der Waals surface area contributed by atoms with E-state index in [1.165, 1.54) is 0 Å². The van der Waals surface area contributed by atoms with Gasteiger partial charge in [0.25, 0.3) is 0 Å². The van der Waals surface area contributed by atoms with Gasteiger partial charge in [0.05, 0.1) is 4.43 Å². The Morgan fingerprint density at radius 2 is 1.82 bits per heavy atom. The maximum Gasteiger partial charge on any atom is 0.168 e. The molecule has 0 amide bonds. The summed E-state index contributed by atoms with van der Waals surface area (Å²) in [7, 11) is -2.90. The third kappa shape index (κ3) is 25.5. The second-order valence-corrected chi connectivity index (χ2v) is 4.59. The fourth-order valence-corrected chi connectivity index (χ4v) is 0. The van der Waals surface area contributed by atoms with Crippen molar-refractivity contribution in [2.45, 2.75) is 6.92 Å². The lowest BCUT2D eigenvalue weighted by atomic mass is 10.5. The van der Waals surface area contributed by atoms with Crippen molar-refractivity contribution in [2.24, 2.45) is 0 Å². The number of hydrogen-bond donors (Lipinski definition) is 0. The molecule has 3 nitrogen and oxygen atoms in total. The van der Waals surface area contributed by atoms with E-state index >= 15 is 0 Å². The molecule has 0 fully saturated rings. The number of sulfone groups is 1. The first kappa shape index (κ1) is 13.7. The lowest BCUT2D eigenvalue weighted by molar-refractivity contribution is -0.114. The molecule has 0 rings (SSSR count). The first-order valence-corrected chi connectivity index (χ1v) is 6.19. The van der Waals surface area contributed by atoms with E-state index in [4.69, 9.17) is 0 Å². The van der Waals surface area contributed by atoms with Gasteiger partial charge in [0.2, 0.25) is 0 Å². The Morgan fingerprint density at radius 3 is 1.82 bits per heavy atom. The molecule has 0 atom stereocenters. The Kier molecular flexibility index (Phi) is 8.42. The van der Waals surface area contributed by atoms with Crippen LogP contribution < -0.4 is 0 Å². The number of ketones is 1. The van der Waals surface area contributed by atoms with Crippen LogP contribution in [0.4, 0.5) is 0 Å². The van der Waals surface area contributed by atoms with E-state index in [9.17, 15) is 13.2 Å². The molecule has 0 aromatic heterocycles. The van der Waals surface area contributed by atoms with Crippen molar-refractivity contribution in [1.29, 1.82) is 0 Å². The highest BCUT2D eigenvalue weighted by Crippen LogP contribution is 1.78. The van der Waals surface area contributed by atoms with E-state index < -0.39 is 9.84 Å². The van der Waals surface area contributed by atoms with Crippen LogP contribution in [-0.2, 0) is 14.6 Å². The topological polar surface area (TPSA) is 51.2 Å². The molecule has 0 aromatic carbocycles. The minimum atomic E-state index is -2.90. The number of rotatable bonds is 2. The van der Waals surface area contributed by atoms with Gasteiger partial charge in [-0.1, -0.05) is 29.2 Å². The van der Waals surface area contributed by atoms with Crippen molar-refractivity contribution in [3.8, 4) is 0 Å². The van der Waals surface area contributed by atoms with Gasteiger partial charge in [-0.05, 0) is 6.92 Å². The molecule has 0 saturated carbocycles. The zero-order valence-electron chi connectivity index (χ0n) is 6.50. The molecule has 0 heterocycles. The Hall–Kier alpha value is 0.0900. The van der Waals surface area contributed by atoms with Crippen LogP contribution in [0.5, 0.6) is 0 Å². The van der Waals surface area contributed by atoms with Crippen LogP contribution >= 0.6 is 22.6 Å². The zero-order chi connectivity index (χ0) is 9.49. The summed E-state index contributed by atoms with van der Waals surface area (Å²) in [6.07, 6.45) is 1.10. The molecule has 0 radical (unpaired) electrons. The monoisotopic (exact) mass is 290 g/mol. The van der Waals surface area contributed by atoms with Crippen molar-refractivity contribution in [3.63, 3.8) is 0 Å². The van der Waals surface area contributed by atoms with E-state index in [0.29, 0.717) is 4.43 Å². The average molecular weight is 290 g/mol. The first-order valence-electron chi connectivity index (χ1n) is 2.71. The van der Waals surface area contributed by atoms with Crippen LogP contribution in [0.3, 0.4) is 0 Å². The van der Waals surface area contributed by atoms with Crippen molar-refractivity contribution >= 4 is 38.2 Å². The average Bonchev–Trinajstić information content (AvgIpc) is 1.88. The van der Waals surface area contributed by atoms with E-state index in [2.05, 4.69) is 6.58 Å². The number of Topliss-reactive ketones (excluding diaryl/α,β-unsaturated/α-hetero) is 1. The van der Waals surface area contributed by atoms with Gasteiger partial charge < -0.3 is 0 Å². The van der Waals surface area contributed by atoms with Crippen LogP contribution in [0.15, 0.2) is 12.0 Å². The van der Waals surface area contributed by atoms with Gasteiger partial charge in [-0.25, -0.2) is 8.42 Å². The summed E-state index contributed by atoms with van der Waals surface area (Å²) in [5, 5.41) is 0.910. The van der Waals surface area contributed by atoms with Gasteiger partial charge in [-0.15, -0.1) is 0 Å². The normalized spacial score (nSPS) is 9.36. The number of carbonyl (C=O) groups is 1. The molecule has 0 aromatic rings. The van der Waals surface area contributed by atoms with Crippen LogP contribution in [-0.4, -0.2) is 24.9 Å². The molecule has 0 aliphatic rings. The fraction of sp³-hybridized carbons (Fsp3) is 0.500. The largest absolute Gasteiger partial charge is 0.299 e. The van der Waals surface area contributed by atoms with Crippen molar-refractivity contribution in [2.75, 3.05) is 10.7 Å². The minimum absolute atomic E-state index is 0.241. The summed E-state index contributed by atoms with van der Waals surface area (Å²) < 4.78 is 20.4. The van der Waals surface area contributed by atoms with E-state index in [0.717, 1.165) is 11.7 Å². The summed E-state index contributed by atoms with van der Waals surface area (Å²) in [6.45, 7) is 4.62. The maximum absolute atomic E-state index is 9.88. The molecule has 0 aliphatic heterocycles. The standard InChI is InChI=1S/C3H5IO.C3H6O2S/c1-3(5)2-4;1-3-6(2,4)5/h2H2,1H3;3H,1H2,2H3. The van der Waals surface area contributed by atoms with Gasteiger partial charge in [0.1, 0.15) is 5.78 Å². The Labute approximate surface area is 80.9 Å². The molecule has 0 aliphatic carbocycles. The van der Waals surface area contributed by atoms with Crippen molar-refractivity contribution in [3.05, 3.63) is 12.0 Å². The second-order valence-electron chi connectivity index (χ2n) is 1.83.